The molecule has 2 unspecified atom stereocenters. The summed E-state index contributed by atoms with van der Waals surface area (Å²) in [6.07, 6.45) is 3.89. The van der Waals surface area contributed by atoms with Gasteiger partial charge < -0.3 is 10.5 Å². The minimum absolute atomic E-state index is 0.387. The summed E-state index contributed by atoms with van der Waals surface area (Å²) in [4.78, 5) is 2.54. The van der Waals surface area contributed by atoms with Crippen LogP contribution in [0.15, 0.2) is 0 Å². The fourth-order valence-electron chi connectivity index (χ4n) is 2.02. The van der Waals surface area contributed by atoms with E-state index in [4.69, 9.17) is 10.5 Å². The van der Waals surface area contributed by atoms with E-state index in [9.17, 15) is 0 Å². The lowest BCUT2D eigenvalue weighted by molar-refractivity contribution is 0.0612. The standard InChI is InChI=1S/C11H24N2O/c1-10(5-3-6-12)13-7-4-8-14-11(2)9-13/h10-11H,3-9,12H2,1-2H3. The Morgan fingerprint density at radius 1 is 1.57 bits per heavy atom. The van der Waals surface area contributed by atoms with Crippen molar-refractivity contribution in [1.82, 2.24) is 4.90 Å². The first kappa shape index (κ1) is 12.0. The smallest absolute Gasteiger partial charge is 0.0673 e. The fourth-order valence-corrected chi connectivity index (χ4v) is 2.02. The van der Waals surface area contributed by atoms with Crippen molar-refractivity contribution in [3.8, 4) is 0 Å². The molecule has 0 aromatic carbocycles. The molecule has 2 atom stereocenters. The van der Waals surface area contributed by atoms with Crippen LogP contribution in [0.2, 0.25) is 0 Å². The highest BCUT2D eigenvalue weighted by molar-refractivity contribution is 4.72. The number of nitrogens with two attached hydrogens (primary N) is 1. The van der Waals surface area contributed by atoms with Gasteiger partial charge in [0, 0.05) is 25.7 Å². The maximum absolute atomic E-state index is 5.62. The third kappa shape index (κ3) is 3.95. The van der Waals surface area contributed by atoms with Crippen molar-refractivity contribution in [1.29, 1.82) is 0 Å². The van der Waals surface area contributed by atoms with E-state index in [1.807, 2.05) is 0 Å². The van der Waals surface area contributed by atoms with E-state index in [0.717, 1.165) is 32.5 Å². The maximum Gasteiger partial charge on any atom is 0.0673 e. The normalized spacial score (nSPS) is 27.2. The molecule has 3 heteroatoms. The van der Waals surface area contributed by atoms with Crippen LogP contribution in [-0.2, 0) is 4.74 Å². The summed E-state index contributed by atoms with van der Waals surface area (Å²) >= 11 is 0. The van der Waals surface area contributed by atoms with Crippen molar-refractivity contribution in [2.75, 3.05) is 26.2 Å². The van der Waals surface area contributed by atoms with Crippen LogP contribution in [0.4, 0.5) is 0 Å². The van der Waals surface area contributed by atoms with Gasteiger partial charge in [-0.3, -0.25) is 4.90 Å². The molecule has 84 valence electrons. The molecule has 1 fully saturated rings. The first-order chi connectivity index (χ1) is 6.74. The minimum atomic E-state index is 0.387. The van der Waals surface area contributed by atoms with Crippen LogP contribution >= 0.6 is 0 Å². The molecule has 1 saturated heterocycles. The Hall–Kier alpha value is -0.120. The van der Waals surface area contributed by atoms with E-state index >= 15 is 0 Å². The van der Waals surface area contributed by atoms with Crippen molar-refractivity contribution in [3.63, 3.8) is 0 Å². The van der Waals surface area contributed by atoms with Crippen LogP contribution in [0.3, 0.4) is 0 Å². The van der Waals surface area contributed by atoms with E-state index in [2.05, 4.69) is 18.7 Å². The Balaban J connectivity index is 2.32. The van der Waals surface area contributed by atoms with Gasteiger partial charge in [-0.25, -0.2) is 0 Å². The van der Waals surface area contributed by atoms with Gasteiger partial charge in [0.2, 0.25) is 0 Å². The second kappa shape index (κ2) is 6.38. The average molecular weight is 200 g/mol. The number of hydrogen-bond donors (Lipinski definition) is 1. The fraction of sp³-hybridized carbons (Fsp3) is 1.00. The molecule has 1 aliphatic rings. The SMILES string of the molecule is CC1CN(C(C)CCCN)CCCO1. The summed E-state index contributed by atoms with van der Waals surface area (Å²) in [6, 6.07) is 0.655. The van der Waals surface area contributed by atoms with E-state index in [-0.39, 0.29) is 0 Å². The van der Waals surface area contributed by atoms with Crippen molar-refractivity contribution >= 4 is 0 Å². The van der Waals surface area contributed by atoms with Crippen molar-refractivity contribution in [2.24, 2.45) is 5.73 Å². The van der Waals surface area contributed by atoms with Crippen LogP contribution in [0.1, 0.15) is 33.1 Å². The highest BCUT2D eigenvalue weighted by Gasteiger charge is 2.18. The zero-order chi connectivity index (χ0) is 10.4. The molecule has 3 nitrogen and oxygen atoms in total. The lowest BCUT2D eigenvalue weighted by Crippen LogP contribution is -2.37. The molecule has 2 N–H and O–H groups in total. The number of hydrogen-bond acceptors (Lipinski definition) is 3. The molecule has 0 radical (unpaired) electrons. The van der Waals surface area contributed by atoms with Gasteiger partial charge in [0.1, 0.15) is 0 Å². The van der Waals surface area contributed by atoms with Crippen LogP contribution in [0.5, 0.6) is 0 Å². The molecule has 0 aromatic heterocycles. The summed E-state index contributed by atoms with van der Waals surface area (Å²) in [6.45, 7) is 8.44. The zero-order valence-electron chi connectivity index (χ0n) is 9.54. The van der Waals surface area contributed by atoms with Gasteiger partial charge in [0.05, 0.1) is 6.10 Å². The van der Waals surface area contributed by atoms with Crippen LogP contribution < -0.4 is 5.73 Å². The molecule has 1 heterocycles. The Morgan fingerprint density at radius 2 is 2.36 bits per heavy atom. The largest absolute Gasteiger partial charge is 0.377 e. The summed E-state index contributed by atoms with van der Waals surface area (Å²) in [5.74, 6) is 0. The highest BCUT2D eigenvalue weighted by Crippen LogP contribution is 2.12. The molecular formula is C11H24N2O. The predicted octanol–water partition coefficient (Wildman–Crippen LogP) is 1.22. The Kier molecular flexibility index (Phi) is 5.45. The molecule has 0 aromatic rings. The van der Waals surface area contributed by atoms with Gasteiger partial charge in [0.25, 0.3) is 0 Å². The highest BCUT2D eigenvalue weighted by atomic mass is 16.5. The van der Waals surface area contributed by atoms with Gasteiger partial charge in [-0.05, 0) is 39.7 Å². The van der Waals surface area contributed by atoms with Crippen molar-refractivity contribution < 1.29 is 4.74 Å². The van der Waals surface area contributed by atoms with Crippen LogP contribution in [0.25, 0.3) is 0 Å². The van der Waals surface area contributed by atoms with E-state index in [1.165, 1.54) is 13.0 Å². The average Bonchev–Trinajstić information content (AvgIpc) is 2.39. The van der Waals surface area contributed by atoms with E-state index < -0.39 is 0 Å². The third-order valence-corrected chi connectivity index (χ3v) is 2.93. The lowest BCUT2D eigenvalue weighted by atomic mass is 10.1. The molecule has 0 spiro atoms. The van der Waals surface area contributed by atoms with Gasteiger partial charge in [-0.1, -0.05) is 0 Å². The predicted molar refractivity (Wildman–Crippen MR) is 59.4 cm³/mol. The summed E-state index contributed by atoms with van der Waals surface area (Å²) in [5, 5.41) is 0. The van der Waals surface area contributed by atoms with E-state index in [1.54, 1.807) is 0 Å². The Morgan fingerprint density at radius 3 is 3.07 bits per heavy atom. The van der Waals surface area contributed by atoms with Crippen molar-refractivity contribution in [3.05, 3.63) is 0 Å². The summed E-state index contributed by atoms with van der Waals surface area (Å²) in [5.41, 5.74) is 5.52. The Labute approximate surface area is 87.6 Å². The second-order valence-electron chi connectivity index (χ2n) is 4.31. The topological polar surface area (TPSA) is 38.5 Å². The number of ether oxygens (including phenoxy) is 1. The van der Waals surface area contributed by atoms with Crippen molar-refractivity contribution in [2.45, 2.75) is 45.3 Å². The molecule has 0 aliphatic carbocycles. The van der Waals surface area contributed by atoms with Gasteiger partial charge in [-0.15, -0.1) is 0 Å². The molecule has 0 saturated carbocycles. The molecule has 0 amide bonds. The lowest BCUT2D eigenvalue weighted by Gasteiger charge is -2.28. The molecular weight excluding hydrogens is 176 g/mol. The van der Waals surface area contributed by atoms with Crippen LogP contribution in [-0.4, -0.2) is 43.3 Å². The second-order valence-corrected chi connectivity index (χ2v) is 4.31. The van der Waals surface area contributed by atoms with Crippen LogP contribution in [0, 0.1) is 0 Å². The zero-order valence-corrected chi connectivity index (χ0v) is 9.54. The van der Waals surface area contributed by atoms with Gasteiger partial charge in [-0.2, -0.15) is 0 Å². The number of rotatable bonds is 4. The Bertz CT molecular complexity index is 152. The molecule has 0 bridgehead atoms. The molecule has 1 rings (SSSR count). The number of nitrogens with zero attached hydrogens (tertiary/aromatic N) is 1. The summed E-state index contributed by atoms with van der Waals surface area (Å²) < 4.78 is 5.62. The maximum atomic E-state index is 5.62. The molecule has 1 aliphatic heterocycles. The quantitative estimate of drug-likeness (QED) is 0.741. The molecule has 14 heavy (non-hydrogen) atoms. The monoisotopic (exact) mass is 200 g/mol. The minimum Gasteiger partial charge on any atom is -0.377 e. The first-order valence-electron chi connectivity index (χ1n) is 5.79. The van der Waals surface area contributed by atoms with Gasteiger partial charge >= 0.3 is 0 Å². The summed E-state index contributed by atoms with van der Waals surface area (Å²) in [7, 11) is 0. The van der Waals surface area contributed by atoms with E-state index in [0.29, 0.717) is 12.1 Å². The van der Waals surface area contributed by atoms with Gasteiger partial charge in [0.15, 0.2) is 0 Å². The first-order valence-corrected chi connectivity index (χ1v) is 5.79. The third-order valence-electron chi connectivity index (χ3n) is 2.93.